The predicted molar refractivity (Wildman–Crippen MR) is 65.8 cm³/mol. The van der Waals surface area contributed by atoms with Gasteiger partial charge in [0.25, 0.3) is 5.91 Å². The second kappa shape index (κ2) is 5.68. The third-order valence-electron chi connectivity index (χ3n) is 2.62. The highest BCUT2D eigenvalue weighted by Gasteiger charge is 2.25. The quantitative estimate of drug-likeness (QED) is 0.812. The Morgan fingerprint density at radius 3 is 2.53 bits per heavy atom. The van der Waals surface area contributed by atoms with Crippen LogP contribution in [0.4, 0.5) is 0 Å². The number of carbonyl (C=O) groups excluding carboxylic acids is 1. The summed E-state index contributed by atoms with van der Waals surface area (Å²) < 4.78 is 5.30. The van der Waals surface area contributed by atoms with Crippen molar-refractivity contribution in [2.45, 2.75) is 32.4 Å². The van der Waals surface area contributed by atoms with Gasteiger partial charge in [0.2, 0.25) is 0 Å². The summed E-state index contributed by atoms with van der Waals surface area (Å²) in [5.41, 5.74) is -0.656. The Bertz CT molecular complexity index is 360. The molecule has 0 radical (unpaired) electrons. The van der Waals surface area contributed by atoms with Crippen LogP contribution in [0.25, 0.3) is 0 Å². The summed E-state index contributed by atoms with van der Waals surface area (Å²) in [6.07, 6.45) is -0.622. The molecule has 0 saturated heterocycles. The number of hydrogen-bond donors (Lipinski definition) is 2. The van der Waals surface area contributed by atoms with E-state index in [1.807, 2.05) is 18.2 Å². The highest BCUT2D eigenvalue weighted by atomic mass is 16.5. The molecule has 0 aromatic heterocycles. The number of amides is 1. The van der Waals surface area contributed by atoms with E-state index in [9.17, 15) is 9.90 Å². The molecular weight excluding hydrogens is 218 g/mol. The van der Waals surface area contributed by atoms with Gasteiger partial charge in [-0.15, -0.1) is 0 Å². The van der Waals surface area contributed by atoms with Gasteiger partial charge in [0, 0.05) is 0 Å². The average molecular weight is 237 g/mol. The van der Waals surface area contributed by atoms with E-state index in [-0.39, 0.29) is 12.5 Å². The van der Waals surface area contributed by atoms with Gasteiger partial charge >= 0.3 is 0 Å². The fourth-order valence-electron chi connectivity index (χ4n) is 1.17. The van der Waals surface area contributed by atoms with Crippen LogP contribution in [0.3, 0.4) is 0 Å². The zero-order valence-corrected chi connectivity index (χ0v) is 10.4. The number of hydrogen-bond acceptors (Lipinski definition) is 3. The van der Waals surface area contributed by atoms with Crippen LogP contribution in [-0.2, 0) is 4.79 Å². The molecule has 17 heavy (non-hydrogen) atoms. The molecule has 0 saturated carbocycles. The Balaban J connectivity index is 2.41. The summed E-state index contributed by atoms with van der Waals surface area (Å²) in [5, 5.41) is 12.2. The van der Waals surface area contributed by atoms with Gasteiger partial charge in [0.05, 0.1) is 11.6 Å². The van der Waals surface area contributed by atoms with Crippen LogP contribution in [0, 0.1) is 0 Å². The van der Waals surface area contributed by atoms with E-state index in [0.29, 0.717) is 5.75 Å². The number of para-hydroxylation sites is 1. The lowest BCUT2D eigenvalue weighted by molar-refractivity contribution is -0.126. The normalized spacial score (nSPS) is 12.9. The topological polar surface area (TPSA) is 58.6 Å². The van der Waals surface area contributed by atoms with E-state index in [1.165, 1.54) is 0 Å². The Labute approximate surface area is 102 Å². The molecule has 1 atom stereocenters. The largest absolute Gasteiger partial charge is 0.484 e. The van der Waals surface area contributed by atoms with Gasteiger partial charge in [0.1, 0.15) is 5.75 Å². The summed E-state index contributed by atoms with van der Waals surface area (Å²) >= 11 is 0. The van der Waals surface area contributed by atoms with Gasteiger partial charge in [-0.1, -0.05) is 18.2 Å². The molecule has 0 heterocycles. The van der Waals surface area contributed by atoms with Crippen LogP contribution >= 0.6 is 0 Å². The molecule has 0 aliphatic heterocycles. The zero-order valence-electron chi connectivity index (χ0n) is 10.4. The monoisotopic (exact) mass is 237 g/mol. The third-order valence-corrected chi connectivity index (χ3v) is 2.62. The van der Waals surface area contributed by atoms with Gasteiger partial charge in [-0.25, -0.2) is 0 Å². The van der Waals surface area contributed by atoms with Crippen molar-refractivity contribution in [3.05, 3.63) is 30.3 Å². The Morgan fingerprint density at radius 2 is 2.00 bits per heavy atom. The minimum Gasteiger partial charge on any atom is -0.484 e. The molecule has 0 bridgehead atoms. The predicted octanol–water partition coefficient (Wildman–Crippen LogP) is 1.34. The molecule has 1 rings (SSSR count). The van der Waals surface area contributed by atoms with Crippen LogP contribution in [0.1, 0.15) is 20.8 Å². The van der Waals surface area contributed by atoms with Crippen molar-refractivity contribution in [3.8, 4) is 5.75 Å². The first-order valence-electron chi connectivity index (χ1n) is 5.59. The van der Waals surface area contributed by atoms with Gasteiger partial charge in [0.15, 0.2) is 6.61 Å². The minimum absolute atomic E-state index is 0.0554. The Kier molecular flexibility index (Phi) is 4.52. The average Bonchev–Trinajstić information content (AvgIpc) is 2.27. The van der Waals surface area contributed by atoms with Crippen molar-refractivity contribution < 1.29 is 14.6 Å². The molecule has 94 valence electrons. The van der Waals surface area contributed by atoms with E-state index < -0.39 is 11.6 Å². The second-order valence-electron chi connectivity index (χ2n) is 4.55. The number of benzene rings is 1. The van der Waals surface area contributed by atoms with Crippen molar-refractivity contribution in [2.24, 2.45) is 0 Å². The maximum absolute atomic E-state index is 11.6. The van der Waals surface area contributed by atoms with Gasteiger partial charge in [-0.05, 0) is 32.9 Å². The molecule has 0 aliphatic rings. The highest BCUT2D eigenvalue weighted by Crippen LogP contribution is 2.10. The van der Waals surface area contributed by atoms with E-state index in [0.717, 1.165) is 0 Å². The smallest absolute Gasteiger partial charge is 0.258 e. The first-order chi connectivity index (χ1) is 7.92. The molecular formula is C13H19NO3. The highest BCUT2D eigenvalue weighted by molar-refractivity contribution is 5.78. The molecule has 1 amide bonds. The lowest BCUT2D eigenvalue weighted by Crippen LogP contribution is -2.52. The molecule has 1 aromatic carbocycles. The molecule has 1 aromatic rings. The maximum atomic E-state index is 11.6. The van der Waals surface area contributed by atoms with E-state index >= 15 is 0 Å². The summed E-state index contributed by atoms with van der Waals surface area (Å²) in [6, 6.07) is 9.13. The number of ether oxygens (including phenoxy) is 1. The van der Waals surface area contributed by atoms with E-state index in [1.54, 1.807) is 32.9 Å². The van der Waals surface area contributed by atoms with E-state index in [4.69, 9.17) is 4.74 Å². The Morgan fingerprint density at radius 1 is 1.41 bits per heavy atom. The molecule has 0 aliphatic carbocycles. The van der Waals surface area contributed by atoms with E-state index in [2.05, 4.69) is 5.32 Å². The van der Waals surface area contributed by atoms with Gasteiger partial charge in [-0.3, -0.25) is 4.79 Å². The van der Waals surface area contributed by atoms with Crippen molar-refractivity contribution in [2.75, 3.05) is 6.61 Å². The van der Waals surface area contributed by atoms with Crippen molar-refractivity contribution in [3.63, 3.8) is 0 Å². The summed E-state index contributed by atoms with van der Waals surface area (Å²) in [7, 11) is 0. The van der Waals surface area contributed by atoms with Crippen LogP contribution < -0.4 is 10.1 Å². The van der Waals surface area contributed by atoms with Crippen LogP contribution in [0.5, 0.6) is 5.75 Å². The lowest BCUT2D eigenvalue weighted by atomic mass is 9.99. The second-order valence-corrected chi connectivity index (χ2v) is 4.55. The molecule has 0 spiro atoms. The lowest BCUT2D eigenvalue weighted by Gasteiger charge is -2.29. The van der Waals surface area contributed by atoms with Crippen LogP contribution in [0.2, 0.25) is 0 Å². The van der Waals surface area contributed by atoms with Crippen LogP contribution in [-0.4, -0.2) is 29.3 Å². The fourth-order valence-corrected chi connectivity index (χ4v) is 1.17. The standard InChI is InChI=1S/C13H19NO3/c1-10(15)13(2,3)14-12(16)9-17-11-7-5-4-6-8-11/h4-8,10,15H,9H2,1-3H3,(H,14,16). The van der Waals surface area contributed by atoms with Crippen molar-refractivity contribution >= 4 is 5.91 Å². The Hall–Kier alpha value is -1.55. The number of aliphatic hydroxyl groups is 1. The number of rotatable bonds is 5. The number of nitrogens with one attached hydrogen (secondary N) is 1. The summed E-state index contributed by atoms with van der Waals surface area (Å²) in [4.78, 5) is 11.6. The third kappa shape index (κ3) is 4.44. The maximum Gasteiger partial charge on any atom is 0.258 e. The minimum atomic E-state index is -0.656. The molecule has 4 heteroatoms. The number of aliphatic hydroxyl groups excluding tert-OH is 1. The SMILES string of the molecule is CC(O)C(C)(C)NC(=O)COc1ccccc1. The molecule has 2 N–H and O–H groups in total. The molecule has 4 nitrogen and oxygen atoms in total. The molecule has 1 unspecified atom stereocenters. The summed E-state index contributed by atoms with van der Waals surface area (Å²) in [5.74, 6) is 0.400. The summed E-state index contributed by atoms with van der Waals surface area (Å²) in [6.45, 7) is 5.11. The van der Waals surface area contributed by atoms with Gasteiger partial charge < -0.3 is 15.2 Å². The van der Waals surface area contributed by atoms with Crippen molar-refractivity contribution in [1.82, 2.24) is 5.32 Å². The fraction of sp³-hybridized carbons (Fsp3) is 0.462. The zero-order chi connectivity index (χ0) is 12.9. The van der Waals surface area contributed by atoms with Gasteiger partial charge in [-0.2, -0.15) is 0 Å². The number of carbonyl (C=O) groups is 1. The first-order valence-corrected chi connectivity index (χ1v) is 5.59. The molecule has 0 fully saturated rings. The first kappa shape index (κ1) is 13.5. The van der Waals surface area contributed by atoms with Crippen LogP contribution in [0.15, 0.2) is 30.3 Å². The van der Waals surface area contributed by atoms with Crippen molar-refractivity contribution in [1.29, 1.82) is 0 Å².